The maximum Gasteiger partial charge on any atom is 0.319 e. The molecule has 0 fully saturated rings. The molecule has 0 heterocycles. The number of amides is 1. The average molecular weight is 278 g/mol. The highest BCUT2D eigenvalue weighted by Gasteiger charge is 2.18. The van der Waals surface area contributed by atoms with Gasteiger partial charge in [0, 0.05) is 12.2 Å². The van der Waals surface area contributed by atoms with Crippen molar-refractivity contribution in [1.29, 1.82) is 0 Å². The molecule has 20 heavy (non-hydrogen) atoms. The topological polar surface area (TPSA) is 49.9 Å². The minimum atomic E-state index is -0.348. The van der Waals surface area contributed by atoms with Crippen molar-refractivity contribution < 1.29 is 14.3 Å². The van der Waals surface area contributed by atoms with E-state index < -0.39 is 0 Å². The van der Waals surface area contributed by atoms with Crippen LogP contribution in [0.5, 0.6) is 0 Å². The number of methoxy groups -OCH3 is 1. The summed E-state index contributed by atoms with van der Waals surface area (Å²) >= 11 is 0. The van der Waals surface area contributed by atoms with Crippen molar-refractivity contribution in [3.63, 3.8) is 0 Å². The molecular weight excluding hydrogens is 256 g/mol. The number of carbonyl (C=O) groups excluding carboxylic acids is 2. The fourth-order valence-electron chi connectivity index (χ4n) is 2.00. The first-order chi connectivity index (χ1) is 9.49. The van der Waals surface area contributed by atoms with Crippen LogP contribution < -0.4 is 4.90 Å². The molecule has 1 aromatic carbocycles. The number of hydrogen-bond acceptors (Lipinski definition) is 4. The van der Waals surface area contributed by atoms with Gasteiger partial charge in [0.25, 0.3) is 0 Å². The molecule has 0 radical (unpaired) electrons. The van der Waals surface area contributed by atoms with Crippen molar-refractivity contribution in [3.8, 4) is 0 Å². The molecule has 0 unspecified atom stereocenters. The molecule has 5 heteroatoms. The Morgan fingerprint density at radius 1 is 1.20 bits per heavy atom. The van der Waals surface area contributed by atoms with Gasteiger partial charge in [0.2, 0.25) is 5.91 Å². The summed E-state index contributed by atoms with van der Waals surface area (Å²) in [6.07, 6.45) is 0. The second kappa shape index (κ2) is 7.65. The Balaban J connectivity index is 2.73. The van der Waals surface area contributed by atoms with E-state index in [1.54, 1.807) is 16.8 Å². The van der Waals surface area contributed by atoms with Crippen LogP contribution in [0, 0.1) is 6.92 Å². The van der Waals surface area contributed by atoms with E-state index in [-0.39, 0.29) is 25.0 Å². The summed E-state index contributed by atoms with van der Waals surface area (Å²) in [5.74, 6) is -0.382. The summed E-state index contributed by atoms with van der Waals surface area (Å²) < 4.78 is 4.59. The van der Waals surface area contributed by atoms with Crippen LogP contribution >= 0.6 is 0 Å². The molecule has 0 saturated heterocycles. The number of aryl methyl sites for hydroxylation is 1. The van der Waals surface area contributed by atoms with Gasteiger partial charge in [-0.15, -0.1) is 0 Å². The third kappa shape index (κ3) is 4.35. The van der Waals surface area contributed by atoms with Gasteiger partial charge in [-0.3, -0.25) is 14.5 Å². The highest BCUT2D eigenvalue weighted by Crippen LogP contribution is 2.19. The third-order valence-corrected chi connectivity index (χ3v) is 3.06. The fraction of sp³-hybridized carbons (Fsp3) is 0.467. The van der Waals surface area contributed by atoms with Gasteiger partial charge in [-0.2, -0.15) is 0 Å². The molecule has 1 rings (SSSR count). The van der Waals surface area contributed by atoms with E-state index in [0.717, 1.165) is 11.3 Å². The molecule has 1 amide bonds. The molecule has 0 spiro atoms. The molecule has 0 saturated carbocycles. The normalized spacial score (nSPS) is 10.4. The van der Waals surface area contributed by atoms with Gasteiger partial charge in [-0.1, -0.05) is 18.2 Å². The number of carbonyl (C=O) groups is 2. The molecule has 0 bridgehead atoms. The van der Waals surface area contributed by atoms with Gasteiger partial charge in [-0.25, -0.2) is 0 Å². The quantitative estimate of drug-likeness (QED) is 0.739. The van der Waals surface area contributed by atoms with E-state index in [9.17, 15) is 9.59 Å². The number of anilines is 1. The molecule has 110 valence electrons. The molecular formula is C15H22N2O3. The Kier molecular flexibility index (Phi) is 6.18. The van der Waals surface area contributed by atoms with Gasteiger partial charge >= 0.3 is 5.97 Å². The maximum absolute atomic E-state index is 12.3. The lowest BCUT2D eigenvalue weighted by molar-refractivity contribution is -0.141. The number of esters is 1. The molecule has 0 aromatic heterocycles. The zero-order valence-corrected chi connectivity index (χ0v) is 12.5. The Morgan fingerprint density at radius 3 is 2.40 bits per heavy atom. The van der Waals surface area contributed by atoms with Crippen LogP contribution in [0.25, 0.3) is 0 Å². The van der Waals surface area contributed by atoms with E-state index >= 15 is 0 Å². The van der Waals surface area contributed by atoms with Crippen molar-refractivity contribution in [2.75, 3.05) is 38.7 Å². The van der Waals surface area contributed by atoms with Crippen LogP contribution in [0.2, 0.25) is 0 Å². The van der Waals surface area contributed by atoms with E-state index in [4.69, 9.17) is 0 Å². The molecule has 0 N–H and O–H groups in total. The Labute approximate surface area is 120 Å². The van der Waals surface area contributed by atoms with Gasteiger partial charge in [0.15, 0.2) is 0 Å². The Bertz CT molecular complexity index is 474. The summed E-state index contributed by atoms with van der Waals surface area (Å²) in [6.45, 7) is 4.79. The van der Waals surface area contributed by atoms with Gasteiger partial charge in [-0.05, 0) is 32.5 Å². The minimum Gasteiger partial charge on any atom is -0.468 e. The highest BCUT2D eigenvalue weighted by molar-refractivity contribution is 5.95. The van der Waals surface area contributed by atoms with Gasteiger partial charge in [0.05, 0.1) is 20.2 Å². The number of ether oxygens (including phenoxy) is 1. The molecule has 0 aliphatic heterocycles. The van der Waals surface area contributed by atoms with Crippen LogP contribution in [-0.2, 0) is 14.3 Å². The fourth-order valence-corrected chi connectivity index (χ4v) is 2.00. The lowest BCUT2D eigenvalue weighted by atomic mass is 10.2. The van der Waals surface area contributed by atoms with Crippen molar-refractivity contribution in [2.45, 2.75) is 13.8 Å². The van der Waals surface area contributed by atoms with Crippen LogP contribution in [0.3, 0.4) is 0 Å². The number of likely N-dealkylation sites (N-methyl/N-ethyl adjacent to an activating group) is 2. The molecule has 1 aromatic rings. The van der Waals surface area contributed by atoms with Crippen molar-refractivity contribution in [1.82, 2.24) is 4.90 Å². The number of benzene rings is 1. The molecule has 0 aliphatic carbocycles. The number of nitrogens with zero attached hydrogens (tertiary/aromatic N) is 2. The molecule has 5 nitrogen and oxygen atoms in total. The average Bonchev–Trinajstić information content (AvgIpc) is 2.41. The predicted molar refractivity (Wildman–Crippen MR) is 78.7 cm³/mol. The molecule has 0 aliphatic rings. The lowest BCUT2D eigenvalue weighted by Crippen LogP contribution is -2.41. The second-order valence-corrected chi connectivity index (χ2v) is 4.67. The largest absolute Gasteiger partial charge is 0.468 e. The first-order valence-corrected chi connectivity index (χ1v) is 6.61. The monoisotopic (exact) mass is 278 g/mol. The first-order valence-electron chi connectivity index (χ1n) is 6.61. The van der Waals surface area contributed by atoms with Crippen LogP contribution in [0.4, 0.5) is 5.69 Å². The van der Waals surface area contributed by atoms with Crippen LogP contribution in [0.1, 0.15) is 12.5 Å². The van der Waals surface area contributed by atoms with E-state index in [0.29, 0.717) is 6.54 Å². The summed E-state index contributed by atoms with van der Waals surface area (Å²) in [6, 6.07) is 7.76. The van der Waals surface area contributed by atoms with Gasteiger partial charge in [0.1, 0.15) is 0 Å². The SMILES string of the molecule is CCN(C(=O)CN(C)CC(=O)OC)c1ccccc1C. The number of hydrogen-bond donors (Lipinski definition) is 0. The zero-order chi connectivity index (χ0) is 15.1. The maximum atomic E-state index is 12.3. The Hall–Kier alpha value is -1.88. The first kappa shape index (κ1) is 16.2. The van der Waals surface area contributed by atoms with Crippen LogP contribution in [-0.4, -0.2) is 50.6 Å². The smallest absolute Gasteiger partial charge is 0.319 e. The van der Waals surface area contributed by atoms with Crippen molar-refractivity contribution in [2.24, 2.45) is 0 Å². The van der Waals surface area contributed by atoms with Crippen LogP contribution in [0.15, 0.2) is 24.3 Å². The standard InChI is InChI=1S/C15H22N2O3/c1-5-17(13-9-7-6-8-12(13)2)14(18)10-16(3)11-15(19)20-4/h6-9H,5,10-11H2,1-4H3. The predicted octanol–water partition coefficient (Wildman–Crippen LogP) is 1.45. The van der Waals surface area contributed by atoms with Crippen molar-refractivity contribution >= 4 is 17.6 Å². The second-order valence-electron chi connectivity index (χ2n) is 4.67. The lowest BCUT2D eigenvalue weighted by Gasteiger charge is -2.25. The Morgan fingerprint density at radius 2 is 1.85 bits per heavy atom. The number of para-hydroxylation sites is 1. The third-order valence-electron chi connectivity index (χ3n) is 3.06. The van der Waals surface area contributed by atoms with Crippen molar-refractivity contribution in [3.05, 3.63) is 29.8 Å². The van der Waals surface area contributed by atoms with E-state index in [1.165, 1.54) is 7.11 Å². The summed E-state index contributed by atoms with van der Waals surface area (Å²) in [5.41, 5.74) is 1.96. The zero-order valence-electron chi connectivity index (χ0n) is 12.5. The summed E-state index contributed by atoms with van der Waals surface area (Å²) in [5, 5.41) is 0. The van der Waals surface area contributed by atoms with E-state index in [2.05, 4.69) is 4.74 Å². The van der Waals surface area contributed by atoms with Gasteiger partial charge < -0.3 is 9.64 Å². The van der Waals surface area contributed by atoms with E-state index in [1.807, 2.05) is 38.1 Å². The molecule has 0 atom stereocenters. The minimum absolute atomic E-state index is 0.0341. The summed E-state index contributed by atoms with van der Waals surface area (Å²) in [4.78, 5) is 26.9. The number of rotatable bonds is 6. The summed E-state index contributed by atoms with van der Waals surface area (Å²) in [7, 11) is 3.06. The highest BCUT2D eigenvalue weighted by atomic mass is 16.5.